The monoisotopic (exact) mass is 374 g/mol. The van der Waals surface area contributed by atoms with E-state index in [0.717, 1.165) is 36.5 Å². The minimum atomic E-state index is -0.103. The summed E-state index contributed by atoms with van der Waals surface area (Å²) in [6.45, 7) is 3.98. The van der Waals surface area contributed by atoms with Crippen LogP contribution < -0.4 is 10.2 Å². The number of amides is 2. The first kappa shape index (κ1) is 18.5. The van der Waals surface area contributed by atoms with Crippen molar-refractivity contribution in [3.63, 3.8) is 0 Å². The highest BCUT2D eigenvalue weighted by atomic mass is 35.5. The minimum absolute atomic E-state index is 0.0290. The Morgan fingerprint density at radius 3 is 2.73 bits per heavy atom. The normalized spacial score (nSPS) is 13.4. The molecule has 0 aliphatic carbocycles. The smallest absolute Gasteiger partial charge is 0.228 e. The molecule has 0 saturated carbocycles. The molecular weight excluding hydrogens is 352 g/mol. The third-order valence-corrected chi connectivity index (χ3v) is 4.68. The first-order chi connectivity index (χ1) is 12.5. The number of halogens is 1. The Hall–Kier alpha value is -2.34. The molecule has 0 bridgehead atoms. The maximum atomic E-state index is 12.5. The van der Waals surface area contributed by atoms with Crippen LogP contribution in [0.2, 0.25) is 5.02 Å². The molecule has 0 saturated heterocycles. The zero-order valence-corrected chi connectivity index (χ0v) is 15.6. The van der Waals surface area contributed by atoms with Gasteiger partial charge in [-0.25, -0.2) is 4.68 Å². The van der Waals surface area contributed by atoms with Crippen molar-refractivity contribution in [2.24, 2.45) is 0 Å². The number of anilines is 1. The van der Waals surface area contributed by atoms with Gasteiger partial charge in [0.1, 0.15) is 5.82 Å². The summed E-state index contributed by atoms with van der Waals surface area (Å²) in [5.74, 6) is 0.703. The number of hydrogen-bond donors (Lipinski definition) is 1. The Labute approximate surface area is 158 Å². The predicted octanol–water partition coefficient (Wildman–Crippen LogP) is 2.72. The molecule has 0 fully saturated rings. The molecule has 0 unspecified atom stereocenters. The first-order valence-corrected chi connectivity index (χ1v) is 9.27. The highest BCUT2D eigenvalue weighted by Gasteiger charge is 2.24. The average molecular weight is 375 g/mol. The third kappa shape index (κ3) is 4.64. The van der Waals surface area contributed by atoms with Gasteiger partial charge in [0, 0.05) is 43.6 Å². The van der Waals surface area contributed by atoms with E-state index in [1.807, 2.05) is 41.9 Å². The second-order valence-corrected chi connectivity index (χ2v) is 6.93. The van der Waals surface area contributed by atoms with Crippen LogP contribution in [0.25, 0.3) is 0 Å². The van der Waals surface area contributed by atoms with Crippen molar-refractivity contribution in [2.75, 3.05) is 18.0 Å². The molecular formula is C19H23ClN4O2. The van der Waals surface area contributed by atoms with Crippen LogP contribution >= 0.6 is 11.6 Å². The fourth-order valence-electron chi connectivity index (χ4n) is 3.10. The van der Waals surface area contributed by atoms with Crippen molar-refractivity contribution in [1.82, 2.24) is 15.1 Å². The summed E-state index contributed by atoms with van der Waals surface area (Å²) in [5.41, 5.74) is 2.02. The van der Waals surface area contributed by atoms with Gasteiger partial charge >= 0.3 is 0 Å². The molecule has 2 amide bonds. The van der Waals surface area contributed by atoms with Crippen LogP contribution in [0.1, 0.15) is 30.5 Å². The van der Waals surface area contributed by atoms with Crippen LogP contribution in [0.15, 0.2) is 30.3 Å². The van der Waals surface area contributed by atoms with E-state index in [0.29, 0.717) is 18.1 Å². The molecule has 1 aliphatic heterocycles. The molecule has 6 nitrogen and oxygen atoms in total. The summed E-state index contributed by atoms with van der Waals surface area (Å²) in [4.78, 5) is 26.2. The zero-order chi connectivity index (χ0) is 18.5. The van der Waals surface area contributed by atoms with Crippen molar-refractivity contribution in [1.29, 1.82) is 0 Å². The summed E-state index contributed by atoms with van der Waals surface area (Å²) in [5, 5.41) is 7.96. The summed E-state index contributed by atoms with van der Waals surface area (Å²) in [6.07, 6.45) is 2.02. The largest absolute Gasteiger partial charge is 0.356 e. The molecule has 2 aromatic rings. The molecule has 0 radical (unpaired) electrons. The standard InChI is InChI=1S/C19H23ClN4O2/c1-14-13-18-23(11-2-12-24(18)22-14)19(26)8-7-17(25)21-10-9-15-3-5-16(20)6-4-15/h3-6,13H,2,7-12H2,1H3,(H,21,25). The van der Waals surface area contributed by atoms with Crippen LogP contribution in [0.5, 0.6) is 0 Å². The number of benzene rings is 1. The van der Waals surface area contributed by atoms with Gasteiger partial charge in [0.25, 0.3) is 0 Å². The molecule has 26 heavy (non-hydrogen) atoms. The Morgan fingerprint density at radius 2 is 1.96 bits per heavy atom. The van der Waals surface area contributed by atoms with Crippen LogP contribution in [0.4, 0.5) is 5.82 Å². The molecule has 1 N–H and O–H groups in total. The Kier molecular flexibility index (Phi) is 5.93. The molecule has 1 aromatic heterocycles. The highest BCUT2D eigenvalue weighted by Crippen LogP contribution is 2.22. The number of hydrogen-bond acceptors (Lipinski definition) is 3. The highest BCUT2D eigenvalue weighted by molar-refractivity contribution is 6.30. The second-order valence-electron chi connectivity index (χ2n) is 6.49. The lowest BCUT2D eigenvalue weighted by molar-refractivity contribution is -0.125. The van der Waals surface area contributed by atoms with Gasteiger partial charge in [-0.3, -0.25) is 14.5 Å². The van der Waals surface area contributed by atoms with Gasteiger partial charge in [0.2, 0.25) is 11.8 Å². The van der Waals surface area contributed by atoms with Crippen LogP contribution in [-0.2, 0) is 22.6 Å². The number of carbonyl (C=O) groups excluding carboxylic acids is 2. The topological polar surface area (TPSA) is 67.2 Å². The first-order valence-electron chi connectivity index (χ1n) is 8.89. The molecule has 0 atom stereocenters. The summed E-state index contributed by atoms with van der Waals surface area (Å²) >= 11 is 5.85. The lowest BCUT2D eigenvalue weighted by atomic mass is 10.1. The molecule has 7 heteroatoms. The van der Waals surface area contributed by atoms with E-state index >= 15 is 0 Å². The summed E-state index contributed by atoms with van der Waals surface area (Å²) in [6, 6.07) is 9.48. The molecule has 1 aromatic carbocycles. The van der Waals surface area contributed by atoms with Gasteiger partial charge in [-0.1, -0.05) is 23.7 Å². The Morgan fingerprint density at radius 1 is 1.19 bits per heavy atom. The number of carbonyl (C=O) groups is 2. The van der Waals surface area contributed by atoms with E-state index in [2.05, 4.69) is 10.4 Å². The number of fused-ring (bicyclic) bond motifs is 1. The van der Waals surface area contributed by atoms with Crippen molar-refractivity contribution < 1.29 is 9.59 Å². The Balaban J connectivity index is 1.43. The van der Waals surface area contributed by atoms with Gasteiger partial charge in [-0.15, -0.1) is 0 Å². The molecule has 3 rings (SSSR count). The lowest BCUT2D eigenvalue weighted by Gasteiger charge is -2.27. The van der Waals surface area contributed by atoms with E-state index in [-0.39, 0.29) is 24.7 Å². The average Bonchev–Trinajstić information content (AvgIpc) is 3.01. The fourth-order valence-corrected chi connectivity index (χ4v) is 3.23. The number of rotatable bonds is 6. The van der Waals surface area contributed by atoms with Crippen molar-refractivity contribution >= 4 is 29.2 Å². The predicted molar refractivity (Wildman–Crippen MR) is 101 cm³/mol. The quantitative estimate of drug-likeness (QED) is 0.845. The van der Waals surface area contributed by atoms with Gasteiger partial charge in [-0.05, 0) is 37.5 Å². The van der Waals surface area contributed by atoms with E-state index < -0.39 is 0 Å². The number of aromatic nitrogens is 2. The maximum absolute atomic E-state index is 12.5. The number of aryl methyl sites for hydroxylation is 2. The van der Waals surface area contributed by atoms with Gasteiger partial charge in [-0.2, -0.15) is 5.10 Å². The minimum Gasteiger partial charge on any atom is -0.356 e. The van der Waals surface area contributed by atoms with E-state index in [9.17, 15) is 9.59 Å². The van der Waals surface area contributed by atoms with Crippen molar-refractivity contribution in [3.8, 4) is 0 Å². The molecule has 138 valence electrons. The summed E-state index contributed by atoms with van der Waals surface area (Å²) in [7, 11) is 0. The van der Waals surface area contributed by atoms with Crippen LogP contribution in [0.3, 0.4) is 0 Å². The molecule has 0 spiro atoms. The SMILES string of the molecule is Cc1cc2n(n1)CCCN2C(=O)CCC(=O)NCCc1ccc(Cl)cc1. The van der Waals surface area contributed by atoms with Gasteiger partial charge < -0.3 is 5.32 Å². The molecule has 2 heterocycles. The fraction of sp³-hybridized carbons (Fsp3) is 0.421. The second kappa shape index (κ2) is 8.36. The third-order valence-electron chi connectivity index (χ3n) is 4.43. The number of nitrogens with one attached hydrogen (secondary N) is 1. The van der Waals surface area contributed by atoms with Crippen molar-refractivity contribution in [2.45, 2.75) is 39.2 Å². The zero-order valence-electron chi connectivity index (χ0n) is 14.9. The lowest BCUT2D eigenvalue weighted by Crippen LogP contribution is -2.38. The van der Waals surface area contributed by atoms with E-state index in [4.69, 9.17) is 11.6 Å². The summed E-state index contributed by atoms with van der Waals surface area (Å²) < 4.78 is 1.86. The maximum Gasteiger partial charge on any atom is 0.228 e. The molecule has 1 aliphatic rings. The van der Waals surface area contributed by atoms with Crippen molar-refractivity contribution in [3.05, 3.63) is 46.6 Å². The Bertz CT molecular complexity index is 785. The van der Waals surface area contributed by atoms with Gasteiger partial charge in [0.15, 0.2) is 0 Å². The van der Waals surface area contributed by atoms with E-state index in [1.165, 1.54) is 0 Å². The van der Waals surface area contributed by atoms with Crippen LogP contribution in [-0.4, -0.2) is 34.7 Å². The number of nitrogens with zero attached hydrogens (tertiary/aromatic N) is 3. The van der Waals surface area contributed by atoms with Crippen LogP contribution in [0, 0.1) is 6.92 Å². The van der Waals surface area contributed by atoms with Gasteiger partial charge in [0.05, 0.1) is 5.69 Å². The van der Waals surface area contributed by atoms with E-state index in [1.54, 1.807) is 4.90 Å².